The van der Waals surface area contributed by atoms with Crippen LogP contribution in [0.2, 0.25) is 5.02 Å². The fraction of sp³-hybridized carbons (Fsp3) is 0.0556. The molecule has 0 aliphatic rings. The number of azo groups is 1. The molecule has 3 aromatic rings. The van der Waals surface area contributed by atoms with Crippen molar-refractivity contribution in [2.75, 3.05) is 0 Å². The van der Waals surface area contributed by atoms with E-state index in [2.05, 4.69) is 10.2 Å². The molecular weight excluding hydrogens is 463 g/mol. The number of rotatable bonds is 4. The second-order valence-corrected chi connectivity index (χ2v) is 7.59. The summed E-state index contributed by atoms with van der Waals surface area (Å²) in [6, 6.07) is 9.66. The number of halogens is 1. The maximum Gasteiger partial charge on any atom is 2.00 e. The number of benzene rings is 3. The van der Waals surface area contributed by atoms with Gasteiger partial charge in [-0.05, 0) is 41.6 Å². The summed E-state index contributed by atoms with van der Waals surface area (Å²) in [5.41, 5.74) is -0.980. The third-order valence-electron chi connectivity index (χ3n) is 3.96. The Labute approximate surface area is 181 Å². The van der Waals surface area contributed by atoms with Crippen LogP contribution in [-0.4, -0.2) is 18.9 Å². The number of aromatic carboxylic acids is 1. The van der Waals surface area contributed by atoms with Gasteiger partial charge in [-0.15, -0.1) is 5.11 Å². The topological polar surface area (TPSA) is 145 Å². The van der Waals surface area contributed by atoms with E-state index in [9.17, 15) is 28.0 Å². The van der Waals surface area contributed by atoms with Gasteiger partial charge in [0.15, 0.2) is 0 Å². The molecule has 149 valence electrons. The number of hydrogen-bond donors (Lipinski definition) is 0. The largest absolute Gasteiger partial charge is 2.00 e. The molecule has 0 spiro atoms. The van der Waals surface area contributed by atoms with Gasteiger partial charge in [0.1, 0.15) is 15.8 Å². The van der Waals surface area contributed by atoms with E-state index in [-0.39, 0.29) is 33.5 Å². The van der Waals surface area contributed by atoms with E-state index in [0.29, 0.717) is 16.3 Å². The predicted molar refractivity (Wildman–Crippen MR) is 96.1 cm³/mol. The van der Waals surface area contributed by atoms with Crippen LogP contribution in [0.4, 0.5) is 11.4 Å². The first-order chi connectivity index (χ1) is 13.1. The number of carboxylic acids is 1. The first-order valence-corrected chi connectivity index (χ1v) is 9.50. The molecule has 8 nitrogen and oxygen atoms in total. The van der Waals surface area contributed by atoms with Crippen LogP contribution in [-0.2, 0) is 27.2 Å². The van der Waals surface area contributed by atoms with Crippen molar-refractivity contribution in [1.82, 2.24) is 0 Å². The molecule has 3 rings (SSSR count). The van der Waals surface area contributed by atoms with Gasteiger partial charge in [-0.2, -0.15) is 5.11 Å². The molecule has 0 aliphatic heterocycles. The summed E-state index contributed by atoms with van der Waals surface area (Å²) in [6.45, 7) is 1.50. The SMILES string of the molecule is Cc1cc(S(=O)(=O)[O-])c(N=Nc2c([O-])c(C(=O)[O-])cc3ccccc23)cc1Cl.[Mn+2]. The van der Waals surface area contributed by atoms with Crippen LogP contribution in [0.3, 0.4) is 0 Å². The summed E-state index contributed by atoms with van der Waals surface area (Å²) < 4.78 is 34.5. The van der Waals surface area contributed by atoms with Gasteiger partial charge in [0.25, 0.3) is 0 Å². The smallest absolute Gasteiger partial charge is 0.871 e. The van der Waals surface area contributed by atoms with Crippen LogP contribution in [0.25, 0.3) is 10.8 Å². The summed E-state index contributed by atoms with van der Waals surface area (Å²) in [7, 11) is -4.90. The predicted octanol–water partition coefficient (Wildman–Crippen LogP) is 2.56. The summed E-state index contributed by atoms with van der Waals surface area (Å²) in [4.78, 5) is 10.6. The fourth-order valence-corrected chi connectivity index (χ4v) is 3.42. The standard InChI is InChI=1S/C18H13ClN2O6S.Mn/c1-9-6-15(28(25,26)27)14(8-13(9)19)20-21-16-11-5-3-2-4-10(11)7-12(17(16)22)18(23)24;/h2-8,22H,1H3,(H,23,24)(H,25,26,27);/q;+2/p-3. The van der Waals surface area contributed by atoms with Crippen molar-refractivity contribution in [2.45, 2.75) is 11.8 Å². The molecule has 29 heavy (non-hydrogen) atoms. The van der Waals surface area contributed by atoms with Crippen LogP contribution in [0.1, 0.15) is 15.9 Å². The Balaban J connectivity index is 0.00000300. The molecule has 11 heteroatoms. The van der Waals surface area contributed by atoms with Crippen molar-refractivity contribution in [3.05, 3.63) is 58.6 Å². The van der Waals surface area contributed by atoms with E-state index >= 15 is 0 Å². The Morgan fingerprint density at radius 3 is 2.38 bits per heavy atom. The first kappa shape index (κ1) is 22.8. The molecule has 3 aromatic carbocycles. The molecule has 0 aromatic heterocycles. The zero-order chi connectivity index (χ0) is 20.6. The van der Waals surface area contributed by atoms with Crippen LogP contribution < -0.4 is 10.2 Å². The van der Waals surface area contributed by atoms with Gasteiger partial charge < -0.3 is 19.6 Å². The zero-order valence-corrected chi connectivity index (χ0v) is 17.3. The number of fused-ring (bicyclic) bond motifs is 1. The monoisotopic (exact) mass is 472 g/mol. The van der Waals surface area contributed by atoms with E-state index < -0.39 is 32.3 Å². The molecule has 0 atom stereocenters. The summed E-state index contributed by atoms with van der Waals surface area (Å²) in [5.74, 6) is -2.64. The molecular formula is C18H10ClMnN2O6S-. The van der Waals surface area contributed by atoms with E-state index in [1.165, 1.54) is 13.0 Å². The second-order valence-electron chi connectivity index (χ2n) is 5.83. The average Bonchev–Trinajstić information content (AvgIpc) is 2.61. The molecule has 0 saturated heterocycles. The molecule has 0 fully saturated rings. The summed E-state index contributed by atoms with van der Waals surface area (Å²) in [5, 5.41) is 32.0. The minimum Gasteiger partial charge on any atom is -0.871 e. The van der Waals surface area contributed by atoms with Crippen LogP contribution in [0.5, 0.6) is 5.75 Å². The minimum absolute atomic E-state index is 0. The maximum atomic E-state index is 12.5. The number of aryl methyl sites for hydroxylation is 1. The Kier molecular flexibility index (Phi) is 6.67. The number of carbonyl (C=O) groups is 1. The summed E-state index contributed by atoms with van der Waals surface area (Å²) >= 11 is 5.96. The normalized spacial score (nSPS) is 11.6. The molecule has 0 bridgehead atoms. The van der Waals surface area contributed by atoms with E-state index in [4.69, 9.17) is 11.6 Å². The minimum atomic E-state index is -4.90. The number of nitrogens with zero attached hydrogens (tertiary/aromatic N) is 2. The van der Waals surface area contributed by atoms with Crippen molar-refractivity contribution in [3.63, 3.8) is 0 Å². The van der Waals surface area contributed by atoms with Crippen molar-refractivity contribution in [1.29, 1.82) is 0 Å². The Morgan fingerprint density at radius 2 is 1.76 bits per heavy atom. The molecule has 0 saturated carbocycles. The van der Waals surface area contributed by atoms with E-state index in [0.717, 1.165) is 18.2 Å². The molecule has 0 N–H and O–H groups in total. The van der Waals surface area contributed by atoms with Gasteiger partial charge in [-0.1, -0.05) is 41.6 Å². The van der Waals surface area contributed by atoms with Gasteiger partial charge in [-0.25, -0.2) is 8.42 Å². The Bertz CT molecular complexity index is 1260. The van der Waals surface area contributed by atoms with Crippen molar-refractivity contribution in [3.8, 4) is 5.75 Å². The quantitative estimate of drug-likeness (QED) is 0.324. The van der Waals surface area contributed by atoms with E-state index in [1.54, 1.807) is 18.2 Å². The maximum absolute atomic E-state index is 12.5. The van der Waals surface area contributed by atoms with Gasteiger partial charge in [-0.3, -0.25) is 0 Å². The van der Waals surface area contributed by atoms with Crippen LogP contribution >= 0.6 is 11.6 Å². The third-order valence-corrected chi connectivity index (χ3v) is 5.24. The fourth-order valence-electron chi connectivity index (χ4n) is 2.59. The van der Waals surface area contributed by atoms with Gasteiger partial charge in [0.2, 0.25) is 0 Å². The second kappa shape index (κ2) is 8.48. The Morgan fingerprint density at radius 1 is 1.10 bits per heavy atom. The Hall–Kier alpha value is -2.49. The van der Waals surface area contributed by atoms with Crippen molar-refractivity contribution < 1.29 is 45.0 Å². The van der Waals surface area contributed by atoms with Crippen molar-refractivity contribution >= 4 is 49.8 Å². The van der Waals surface area contributed by atoms with Gasteiger partial charge >= 0.3 is 17.1 Å². The van der Waals surface area contributed by atoms with Crippen LogP contribution in [0, 0.1) is 6.92 Å². The number of carbonyl (C=O) groups excluding carboxylic acids is 1. The van der Waals surface area contributed by atoms with Gasteiger partial charge in [0.05, 0.1) is 16.6 Å². The van der Waals surface area contributed by atoms with E-state index in [1.807, 2.05) is 0 Å². The van der Waals surface area contributed by atoms with Crippen LogP contribution in [0.15, 0.2) is 57.6 Å². The summed E-state index contributed by atoms with van der Waals surface area (Å²) in [6.07, 6.45) is 0. The molecule has 0 unspecified atom stereocenters. The molecule has 0 heterocycles. The third kappa shape index (κ3) is 4.58. The average molecular weight is 473 g/mol. The first-order valence-electron chi connectivity index (χ1n) is 7.71. The molecule has 0 aliphatic carbocycles. The number of hydrogen-bond acceptors (Lipinski definition) is 8. The molecule has 0 amide bonds. The van der Waals surface area contributed by atoms with Crippen molar-refractivity contribution in [2.24, 2.45) is 10.2 Å². The number of carboxylic acid groups (broad SMARTS) is 1. The van der Waals surface area contributed by atoms with Gasteiger partial charge in [0, 0.05) is 10.4 Å². The molecule has 1 radical (unpaired) electrons. The zero-order valence-electron chi connectivity index (χ0n) is 14.5.